The zero-order valence-electron chi connectivity index (χ0n) is 10.3. The van der Waals surface area contributed by atoms with Crippen molar-refractivity contribution < 1.29 is 9.53 Å². The van der Waals surface area contributed by atoms with Crippen LogP contribution in [0.2, 0.25) is 0 Å². The first-order valence-corrected chi connectivity index (χ1v) is 5.57. The van der Waals surface area contributed by atoms with Crippen molar-refractivity contribution in [1.29, 1.82) is 0 Å². The highest BCUT2D eigenvalue weighted by atomic mass is 16.5. The van der Waals surface area contributed by atoms with Gasteiger partial charge in [0.25, 0.3) is 0 Å². The standard InChI is InChI=1S/C12H14N4O2/c1-3-18-12(17)9-6-14-16(7-9)11-10(13)5-4-8(2)15-11/h4-7H,3,13H2,1-2H3. The predicted molar refractivity (Wildman–Crippen MR) is 66.5 cm³/mol. The molecular weight excluding hydrogens is 232 g/mol. The lowest BCUT2D eigenvalue weighted by Crippen LogP contribution is -2.05. The molecule has 0 unspecified atom stereocenters. The molecule has 0 radical (unpaired) electrons. The minimum absolute atomic E-state index is 0.328. The summed E-state index contributed by atoms with van der Waals surface area (Å²) in [6, 6.07) is 3.57. The van der Waals surface area contributed by atoms with Gasteiger partial charge in [-0.05, 0) is 26.0 Å². The number of esters is 1. The Morgan fingerprint density at radius 3 is 3.00 bits per heavy atom. The first-order chi connectivity index (χ1) is 8.61. The van der Waals surface area contributed by atoms with Gasteiger partial charge < -0.3 is 10.5 Å². The average Bonchev–Trinajstić information content (AvgIpc) is 2.82. The predicted octanol–water partition coefficient (Wildman–Crippen LogP) is 1.33. The number of aromatic nitrogens is 3. The zero-order chi connectivity index (χ0) is 13.1. The molecule has 0 aliphatic rings. The van der Waals surface area contributed by atoms with E-state index in [1.54, 1.807) is 19.2 Å². The molecule has 0 amide bonds. The van der Waals surface area contributed by atoms with E-state index < -0.39 is 5.97 Å². The first kappa shape index (κ1) is 12.1. The zero-order valence-corrected chi connectivity index (χ0v) is 10.3. The van der Waals surface area contributed by atoms with Gasteiger partial charge in [0.05, 0.1) is 24.1 Å². The van der Waals surface area contributed by atoms with Gasteiger partial charge >= 0.3 is 5.97 Å². The Labute approximate surface area is 104 Å². The maximum atomic E-state index is 11.5. The topological polar surface area (TPSA) is 83.0 Å². The maximum absolute atomic E-state index is 11.5. The number of carbonyl (C=O) groups is 1. The Kier molecular flexibility index (Phi) is 3.27. The summed E-state index contributed by atoms with van der Waals surface area (Å²) in [4.78, 5) is 15.8. The number of ether oxygens (including phenoxy) is 1. The van der Waals surface area contributed by atoms with Crippen LogP contribution in [0.5, 0.6) is 0 Å². The second-order valence-electron chi connectivity index (χ2n) is 3.76. The third-order valence-electron chi connectivity index (χ3n) is 2.36. The van der Waals surface area contributed by atoms with Crippen molar-refractivity contribution in [2.75, 3.05) is 12.3 Å². The second-order valence-corrected chi connectivity index (χ2v) is 3.76. The fourth-order valence-corrected chi connectivity index (χ4v) is 1.50. The average molecular weight is 246 g/mol. The van der Waals surface area contributed by atoms with Crippen LogP contribution in [0.1, 0.15) is 23.0 Å². The summed E-state index contributed by atoms with van der Waals surface area (Å²) in [5.74, 6) is 0.0977. The molecule has 6 nitrogen and oxygen atoms in total. The van der Waals surface area contributed by atoms with Crippen molar-refractivity contribution >= 4 is 11.7 Å². The van der Waals surface area contributed by atoms with Crippen molar-refractivity contribution in [2.24, 2.45) is 0 Å². The van der Waals surface area contributed by atoms with Crippen LogP contribution in [0, 0.1) is 6.92 Å². The highest BCUT2D eigenvalue weighted by molar-refractivity contribution is 5.88. The van der Waals surface area contributed by atoms with Gasteiger partial charge in [0.1, 0.15) is 0 Å². The van der Waals surface area contributed by atoms with E-state index in [4.69, 9.17) is 10.5 Å². The van der Waals surface area contributed by atoms with E-state index in [-0.39, 0.29) is 0 Å². The molecule has 0 spiro atoms. The minimum Gasteiger partial charge on any atom is -0.462 e. The number of nitrogen functional groups attached to an aromatic ring is 1. The van der Waals surface area contributed by atoms with Gasteiger partial charge in [-0.1, -0.05) is 0 Å². The summed E-state index contributed by atoms with van der Waals surface area (Å²) in [6.45, 7) is 3.94. The summed E-state index contributed by atoms with van der Waals surface area (Å²) in [5.41, 5.74) is 7.53. The van der Waals surface area contributed by atoms with Crippen molar-refractivity contribution in [1.82, 2.24) is 14.8 Å². The van der Waals surface area contributed by atoms with Crippen LogP contribution in [-0.4, -0.2) is 27.3 Å². The van der Waals surface area contributed by atoms with E-state index in [1.807, 2.05) is 13.0 Å². The van der Waals surface area contributed by atoms with Gasteiger partial charge in [0.15, 0.2) is 5.82 Å². The molecule has 2 aromatic rings. The molecule has 2 heterocycles. The molecule has 0 aliphatic heterocycles. The SMILES string of the molecule is CCOC(=O)c1cnn(-c2nc(C)ccc2N)c1. The van der Waals surface area contributed by atoms with E-state index in [9.17, 15) is 4.79 Å². The number of nitrogens with two attached hydrogens (primary N) is 1. The molecule has 0 aromatic carbocycles. The molecule has 2 aromatic heterocycles. The lowest BCUT2D eigenvalue weighted by atomic mass is 10.3. The highest BCUT2D eigenvalue weighted by Gasteiger charge is 2.12. The Bertz CT molecular complexity index is 577. The van der Waals surface area contributed by atoms with E-state index in [0.717, 1.165) is 5.69 Å². The third-order valence-corrected chi connectivity index (χ3v) is 2.36. The Hall–Kier alpha value is -2.37. The molecule has 0 aliphatic carbocycles. The Morgan fingerprint density at radius 1 is 1.50 bits per heavy atom. The number of pyridine rings is 1. The fraction of sp³-hybridized carbons (Fsp3) is 0.250. The van der Waals surface area contributed by atoms with Gasteiger partial charge in [-0.25, -0.2) is 14.5 Å². The van der Waals surface area contributed by atoms with Crippen molar-refractivity contribution in [3.63, 3.8) is 0 Å². The van der Waals surface area contributed by atoms with Crippen LogP contribution in [0.15, 0.2) is 24.5 Å². The molecule has 6 heteroatoms. The van der Waals surface area contributed by atoms with Gasteiger partial charge in [0, 0.05) is 11.9 Å². The van der Waals surface area contributed by atoms with Crippen molar-refractivity contribution in [2.45, 2.75) is 13.8 Å². The van der Waals surface area contributed by atoms with E-state index in [1.165, 1.54) is 10.9 Å². The second kappa shape index (κ2) is 4.87. The number of anilines is 1. The van der Waals surface area contributed by atoms with Gasteiger partial charge in [-0.15, -0.1) is 0 Å². The number of rotatable bonds is 3. The Balaban J connectivity index is 2.35. The van der Waals surface area contributed by atoms with E-state index >= 15 is 0 Å². The monoisotopic (exact) mass is 246 g/mol. The van der Waals surface area contributed by atoms with Gasteiger partial charge in [-0.2, -0.15) is 5.10 Å². The van der Waals surface area contributed by atoms with Crippen LogP contribution in [-0.2, 0) is 4.74 Å². The molecule has 2 N–H and O–H groups in total. The molecule has 0 fully saturated rings. The lowest BCUT2D eigenvalue weighted by Gasteiger charge is -2.04. The fourth-order valence-electron chi connectivity index (χ4n) is 1.50. The first-order valence-electron chi connectivity index (χ1n) is 5.57. The summed E-state index contributed by atoms with van der Waals surface area (Å²) in [6.07, 6.45) is 2.98. The molecular formula is C12H14N4O2. The van der Waals surface area contributed by atoms with Crippen LogP contribution >= 0.6 is 0 Å². The smallest absolute Gasteiger partial charge is 0.341 e. The number of aryl methyl sites for hydroxylation is 1. The summed E-state index contributed by atoms with van der Waals surface area (Å²) in [5, 5.41) is 4.07. The van der Waals surface area contributed by atoms with Gasteiger partial charge in [0.2, 0.25) is 0 Å². The lowest BCUT2D eigenvalue weighted by molar-refractivity contribution is 0.0526. The van der Waals surface area contributed by atoms with E-state index in [2.05, 4.69) is 10.1 Å². The summed E-state index contributed by atoms with van der Waals surface area (Å²) >= 11 is 0. The third kappa shape index (κ3) is 2.32. The summed E-state index contributed by atoms with van der Waals surface area (Å²) in [7, 11) is 0. The van der Waals surface area contributed by atoms with Crippen LogP contribution < -0.4 is 5.73 Å². The molecule has 94 valence electrons. The molecule has 0 atom stereocenters. The normalized spacial score (nSPS) is 10.3. The number of hydrogen-bond acceptors (Lipinski definition) is 5. The summed E-state index contributed by atoms with van der Waals surface area (Å²) < 4.78 is 6.35. The molecule has 18 heavy (non-hydrogen) atoms. The largest absolute Gasteiger partial charge is 0.462 e. The quantitative estimate of drug-likeness (QED) is 0.826. The molecule has 0 bridgehead atoms. The van der Waals surface area contributed by atoms with Gasteiger partial charge in [-0.3, -0.25) is 0 Å². The number of nitrogens with zero attached hydrogens (tertiary/aromatic N) is 3. The Morgan fingerprint density at radius 2 is 2.28 bits per heavy atom. The number of hydrogen-bond donors (Lipinski definition) is 1. The molecule has 0 saturated heterocycles. The maximum Gasteiger partial charge on any atom is 0.341 e. The van der Waals surface area contributed by atoms with Crippen LogP contribution in [0.3, 0.4) is 0 Å². The molecule has 2 rings (SSSR count). The van der Waals surface area contributed by atoms with E-state index in [0.29, 0.717) is 23.7 Å². The minimum atomic E-state index is -0.407. The van der Waals surface area contributed by atoms with Crippen LogP contribution in [0.25, 0.3) is 5.82 Å². The highest BCUT2D eigenvalue weighted by Crippen LogP contribution is 2.15. The van der Waals surface area contributed by atoms with Crippen molar-refractivity contribution in [3.8, 4) is 5.82 Å². The van der Waals surface area contributed by atoms with Crippen molar-refractivity contribution in [3.05, 3.63) is 35.8 Å². The number of carbonyl (C=O) groups excluding carboxylic acids is 1. The van der Waals surface area contributed by atoms with Crippen LogP contribution in [0.4, 0.5) is 5.69 Å². The molecule has 0 saturated carbocycles.